The molecule has 0 amide bonds. The second-order valence-corrected chi connectivity index (χ2v) is 12.3. The Balaban J connectivity index is 1.36. The predicted octanol–water partition coefficient (Wildman–Crippen LogP) is 0.117. The summed E-state index contributed by atoms with van der Waals surface area (Å²) in [5.41, 5.74) is 7.53. The molecule has 16 nitrogen and oxygen atoms in total. The molecule has 6 heterocycles. The molecule has 21 heteroatoms. The van der Waals surface area contributed by atoms with Crippen molar-refractivity contribution < 1.29 is 36.7 Å². The number of ether oxygens (including phenoxy) is 1. The second kappa shape index (κ2) is 10.3. The molecule has 3 aliphatic heterocycles. The number of hydrogen-bond donors (Lipinski definition) is 3. The standard InChI is InChI=1S/C19H24BFN9O7P2S/c1-9-14-17(28-19(22)26-9)30(8-25-14)18-15-13(21)11(36-18)5-34-38(20,31)33-3-2-29-12(6-35-39(32,40)37-15)27-10-4-23-7-24-16(10)29/h4,7-8,11,13,15,18H,1-3,5-6H2,20H3,(H,32,40)(H3,22,26,28)/q-1/t11-,13-,15-,18-,38?,39?/m1/s1. The first-order valence-corrected chi connectivity index (χ1v) is 15.1. The fraction of sp³-hybridized carbons (Fsp3) is 0.421. The number of alkyl halides is 1. The van der Waals surface area contributed by atoms with Gasteiger partial charge in [0.2, 0.25) is 0 Å². The van der Waals surface area contributed by atoms with E-state index in [1.807, 2.05) is 0 Å². The predicted molar refractivity (Wildman–Crippen MR) is 145 cm³/mol. The maximum Gasteiger partial charge on any atom is 0.325 e. The van der Waals surface area contributed by atoms with E-state index in [1.54, 1.807) is 4.57 Å². The first-order valence-electron chi connectivity index (χ1n) is 11.4. The Bertz CT molecular complexity index is 1620. The molecule has 0 spiro atoms. The van der Waals surface area contributed by atoms with Crippen LogP contribution in [0.5, 0.6) is 0 Å². The van der Waals surface area contributed by atoms with Crippen molar-refractivity contribution in [1.82, 2.24) is 34.4 Å². The average molecular weight is 614 g/mol. The molecule has 40 heavy (non-hydrogen) atoms. The Hall–Kier alpha value is -2.60. The molecule has 2 bridgehead atoms. The normalized spacial score (nSPS) is 33.4. The molecule has 4 N–H and O–H groups in total. The summed E-state index contributed by atoms with van der Waals surface area (Å²) in [6, 6.07) is 0. The van der Waals surface area contributed by atoms with Gasteiger partial charge in [-0.3, -0.25) is 9.09 Å². The van der Waals surface area contributed by atoms with Crippen LogP contribution in [0.25, 0.3) is 16.9 Å². The van der Waals surface area contributed by atoms with Gasteiger partial charge in [-0.05, 0) is 11.8 Å². The van der Waals surface area contributed by atoms with E-state index in [-0.39, 0.29) is 31.5 Å². The highest BCUT2D eigenvalue weighted by Crippen LogP contribution is 2.52. The lowest BCUT2D eigenvalue weighted by Crippen LogP contribution is -2.33. The van der Waals surface area contributed by atoms with Gasteiger partial charge in [0.25, 0.3) is 0 Å². The van der Waals surface area contributed by atoms with Crippen molar-refractivity contribution >= 4 is 62.2 Å². The summed E-state index contributed by atoms with van der Waals surface area (Å²) in [5.74, 6) is 0.600. The maximum atomic E-state index is 15.9. The van der Waals surface area contributed by atoms with Crippen LogP contribution in [0.3, 0.4) is 0 Å². The van der Waals surface area contributed by atoms with Gasteiger partial charge in [0.15, 0.2) is 29.8 Å². The topological polar surface area (TPSA) is 195 Å². The smallest absolute Gasteiger partial charge is 0.325 e. The molecular formula is C19H24BFN9O7P2S-. The van der Waals surface area contributed by atoms with Gasteiger partial charge >= 0.3 is 6.72 Å². The molecule has 3 aromatic rings. The van der Waals surface area contributed by atoms with Gasteiger partial charge in [0.1, 0.15) is 49.7 Å². The minimum atomic E-state index is -4.09. The van der Waals surface area contributed by atoms with Gasteiger partial charge in [0, 0.05) is 6.54 Å². The van der Waals surface area contributed by atoms with Crippen molar-refractivity contribution in [3.63, 3.8) is 0 Å². The van der Waals surface area contributed by atoms with Gasteiger partial charge in [-0.2, -0.15) is 4.99 Å². The van der Waals surface area contributed by atoms with Crippen LogP contribution in [0.4, 0.5) is 10.2 Å². The largest absolute Gasteiger partial charge is 0.369 e. The zero-order chi connectivity index (χ0) is 28.2. The summed E-state index contributed by atoms with van der Waals surface area (Å²) in [6.07, 6.45) is -1.61. The van der Waals surface area contributed by atoms with Crippen LogP contribution in [0.15, 0.2) is 30.4 Å². The molecule has 0 radical (unpaired) electrons. The number of hydrogen-bond acceptors (Lipinski definition) is 14. The molecule has 3 aromatic heterocycles. The van der Waals surface area contributed by atoms with Crippen molar-refractivity contribution in [3.05, 3.63) is 36.9 Å². The van der Waals surface area contributed by atoms with Crippen molar-refractivity contribution in [2.45, 2.75) is 37.8 Å². The molecule has 2 unspecified atom stereocenters. The third-order valence-corrected chi connectivity index (χ3v) is 8.35. The van der Waals surface area contributed by atoms with E-state index in [4.69, 9.17) is 40.4 Å². The third kappa shape index (κ3) is 5.24. The summed E-state index contributed by atoms with van der Waals surface area (Å²) in [6.45, 7) is -0.710. The number of imidazole rings is 2. The quantitative estimate of drug-likeness (QED) is 0.247. The lowest BCUT2D eigenvalue weighted by Gasteiger charge is -2.26. The Morgan fingerprint density at radius 1 is 1.32 bits per heavy atom. The fourth-order valence-electron chi connectivity index (χ4n) is 4.36. The molecule has 214 valence electrons. The summed E-state index contributed by atoms with van der Waals surface area (Å²) in [4.78, 5) is 32.2. The molecule has 0 saturated carbocycles. The molecule has 6 atom stereocenters. The number of aliphatic imine (C=N–C) groups is 1. The molecule has 0 aliphatic carbocycles. The van der Waals surface area contributed by atoms with Crippen LogP contribution in [-0.2, 0) is 52.4 Å². The number of nitrogens with zero attached hydrogens (tertiary/aromatic N) is 7. The lowest BCUT2D eigenvalue weighted by atomic mass is 10.1. The van der Waals surface area contributed by atoms with Gasteiger partial charge in [0.05, 0.1) is 39.0 Å². The molecule has 1 fully saturated rings. The zero-order valence-electron chi connectivity index (χ0n) is 19.9. The van der Waals surface area contributed by atoms with Crippen LogP contribution in [0.1, 0.15) is 17.7 Å². The molecule has 0 aromatic carbocycles. The number of guanidine groups is 1. The Morgan fingerprint density at radius 2 is 2.15 bits per heavy atom. The SMILES string of the molecule is [BH3-]P1(=O)OCCn2c(nc3cncnc32)COP(O)(=S)O[C@@H]2[C@H](F)[C@@H](CO1)O[C@H]2n1cnc2c1N=C(N)NC2=C. The van der Waals surface area contributed by atoms with Crippen LogP contribution in [-0.4, -0.2) is 79.1 Å². The number of aromatic nitrogens is 6. The first-order chi connectivity index (χ1) is 19.0. The van der Waals surface area contributed by atoms with E-state index < -0.39 is 53.0 Å². The summed E-state index contributed by atoms with van der Waals surface area (Å²) in [5, 5.41) is 2.77. The number of nitrogens with one attached hydrogen (secondary N) is 1. The monoisotopic (exact) mass is 614 g/mol. The summed E-state index contributed by atoms with van der Waals surface area (Å²) >= 11 is 5.26. The molecular weight excluding hydrogens is 590 g/mol. The van der Waals surface area contributed by atoms with Gasteiger partial charge in [-0.1, -0.05) is 6.58 Å². The second-order valence-electron chi connectivity index (χ2n) is 8.51. The van der Waals surface area contributed by atoms with E-state index in [0.717, 1.165) is 0 Å². The van der Waals surface area contributed by atoms with Gasteiger partial charge in [-0.25, -0.2) is 24.3 Å². The van der Waals surface area contributed by atoms with E-state index in [0.29, 0.717) is 28.4 Å². The minimum Gasteiger partial charge on any atom is -0.369 e. The average Bonchev–Trinajstić information content (AvgIpc) is 3.55. The van der Waals surface area contributed by atoms with Crippen LogP contribution in [0, 0.1) is 0 Å². The van der Waals surface area contributed by atoms with Gasteiger partial charge < -0.3 is 43.4 Å². The molecule has 3 aliphatic rings. The van der Waals surface area contributed by atoms with Crippen LogP contribution < -0.4 is 11.1 Å². The maximum absolute atomic E-state index is 15.9. The number of fused-ring (bicyclic) bond motifs is 6. The summed E-state index contributed by atoms with van der Waals surface area (Å²) in [7, 11) is -4.37. The minimum absolute atomic E-state index is 0.00136. The van der Waals surface area contributed by atoms with Gasteiger partial charge in [-0.15, -0.1) is 0 Å². The van der Waals surface area contributed by atoms with Crippen molar-refractivity contribution in [3.8, 4) is 0 Å². The van der Waals surface area contributed by atoms with Crippen molar-refractivity contribution in [2.24, 2.45) is 10.7 Å². The van der Waals surface area contributed by atoms with E-state index in [2.05, 4.69) is 36.8 Å². The highest BCUT2D eigenvalue weighted by atomic mass is 32.5. The Morgan fingerprint density at radius 3 is 2.98 bits per heavy atom. The number of rotatable bonds is 1. The number of halogens is 1. The van der Waals surface area contributed by atoms with E-state index in [9.17, 15) is 9.46 Å². The third-order valence-electron chi connectivity index (χ3n) is 6.05. The number of nitrogens with two attached hydrogens (primary N) is 1. The fourth-order valence-corrected chi connectivity index (χ4v) is 6.25. The van der Waals surface area contributed by atoms with Crippen LogP contribution in [0.2, 0.25) is 0 Å². The Labute approximate surface area is 231 Å². The first kappa shape index (κ1) is 27.6. The van der Waals surface area contributed by atoms with Crippen molar-refractivity contribution in [2.75, 3.05) is 13.2 Å². The molecule has 1 saturated heterocycles. The Kier molecular flexibility index (Phi) is 7.13. The zero-order valence-corrected chi connectivity index (χ0v) is 22.5. The molecule has 6 rings (SSSR count). The summed E-state index contributed by atoms with van der Waals surface area (Å²) < 4.78 is 60.6. The van der Waals surface area contributed by atoms with Crippen LogP contribution >= 0.6 is 14.2 Å². The van der Waals surface area contributed by atoms with E-state index in [1.165, 1.54) is 23.4 Å². The highest BCUT2D eigenvalue weighted by Gasteiger charge is 2.50. The lowest BCUT2D eigenvalue weighted by molar-refractivity contribution is -0.0466. The van der Waals surface area contributed by atoms with Crippen molar-refractivity contribution in [1.29, 1.82) is 0 Å². The van der Waals surface area contributed by atoms with E-state index >= 15 is 4.39 Å². The highest BCUT2D eigenvalue weighted by molar-refractivity contribution is 8.07.